The van der Waals surface area contributed by atoms with E-state index in [1.165, 1.54) is 32.1 Å². The van der Waals surface area contributed by atoms with Crippen molar-refractivity contribution in [1.82, 2.24) is 14.7 Å². The number of piperidine rings is 1. The lowest BCUT2D eigenvalue weighted by Gasteiger charge is -2.41. The van der Waals surface area contributed by atoms with Crippen LogP contribution in [0.3, 0.4) is 0 Å². The van der Waals surface area contributed by atoms with Crippen LogP contribution < -0.4 is 0 Å². The first-order chi connectivity index (χ1) is 11.7. The molecule has 2 fully saturated rings. The molecule has 4 nitrogen and oxygen atoms in total. The number of rotatable bonds is 2. The van der Waals surface area contributed by atoms with E-state index in [-0.39, 0.29) is 5.91 Å². The smallest absolute Gasteiger partial charge is 0.257 e. The molecule has 3 aliphatic rings. The molecule has 1 saturated carbocycles. The summed E-state index contributed by atoms with van der Waals surface area (Å²) < 4.78 is 1.85. The van der Waals surface area contributed by atoms with Gasteiger partial charge in [-0.15, -0.1) is 0 Å². The summed E-state index contributed by atoms with van der Waals surface area (Å²) in [4.78, 5) is 15.3. The number of hydrogen-bond acceptors (Lipinski definition) is 2. The molecule has 2 atom stereocenters. The molecule has 1 aromatic rings. The molecule has 1 amide bonds. The van der Waals surface area contributed by atoms with Gasteiger partial charge in [0.1, 0.15) is 0 Å². The Hall–Kier alpha value is -1.84. The van der Waals surface area contributed by atoms with Crippen molar-refractivity contribution in [3.63, 3.8) is 0 Å². The van der Waals surface area contributed by atoms with Gasteiger partial charge in [-0.1, -0.05) is 37.5 Å². The molecule has 1 aliphatic heterocycles. The van der Waals surface area contributed by atoms with E-state index in [9.17, 15) is 4.79 Å². The first-order valence-corrected chi connectivity index (χ1v) is 9.42. The molecule has 0 bridgehead atoms. The number of aromatic nitrogens is 2. The summed E-state index contributed by atoms with van der Waals surface area (Å²) in [7, 11) is 1.93. The number of fused-ring (bicyclic) bond motifs is 1. The van der Waals surface area contributed by atoms with Gasteiger partial charge in [-0.25, -0.2) is 0 Å². The summed E-state index contributed by atoms with van der Waals surface area (Å²) in [6, 6.07) is 0. The van der Waals surface area contributed by atoms with Crippen LogP contribution in [-0.2, 0) is 7.05 Å². The van der Waals surface area contributed by atoms with E-state index in [0.29, 0.717) is 5.92 Å². The molecule has 2 aliphatic carbocycles. The SMILES string of the molecule is Cn1ncc(C(=O)N2CC[C@H]3CCCC[C@@H]3C2)c1C1=CCCC=C1. The zero-order valence-corrected chi connectivity index (χ0v) is 14.6. The molecular weight excluding hydrogens is 298 g/mol. The van der Waals surface area contributed by atoms with Gasteiger partial charge in [0.25, 0.3) is 5.91 Å². The number of nitrogens with zero attached hydrogens (tertiary/aromatic N) is 3. The van der Waals surface area contributed by atoms with Gasteiger partial charge >= 0.3 is 0 Å². The standard InChI is InChI=1S/C20H27N3O/c1-22-19(16-8-3-2-4-9-16)18(13-21-22)20(24)23-12-11-15-7-5-6-10-17(15)14-23/h3,8-9,13,15,17H,2,4-7,10-12,14H2,1H3/t15-,17-/m1/s1. The van der Waals surface area contributed by atoms with Crippen molar-refractivity contribution in [3.8, 4) is 0 Å². The number of likely N-dealkylation sites (tertiary alicyclic amines) is 1. The molecule has 24 heavy (non-hydrogen) atoms. The molecule has 0 aromatic carbocycles. The molecule has 1 aromatic heterocycles. The van der Waals surface area contributed by atoms with Gasteiger partial charge in [-0.2, -0.15) is 5.10 Å². The second-order valence-electron chi connectivity index (χ2n) is 7.51. The first-order valence-electron chi connectivity index (χ1n) is 9.42. The Morgan fingerprint density at radius 3 is 2.79 bits per heavy atom. The largest absolute Gasteiger partial charge is 0.338 e. The van der Waals surface area contributed by atoms with E-state index in [0.717, 1.165) is 48.7 Å². The van der Waals surface area contributed by atoms with Crippen LogP contribution in [0.1, 0.15) is 61.0 Å². The molecule has 0 radical (unpaired) electrons. The van der Waals surface area contributed by atoms with E-state index < -0.39 is 0 Å². The maximum atomic E-state index is 13.2. The normalized spacial score (nSPS) is 26.9. The predicted molar refractivity (Wildman–Crippen MR) is 95.5 cm³/mol. The molecule has 4 rings (SSSR count). The maximum absolute atomic E-state index is 13.2. The fourth-order valence-electron chi connectivity index (χ4n) is 4.68. The number of amides is 1. The van der Waals surface area contributed by atoms with Crippen molar-refractivity contribution < 1.29 is 4.79 Å². The summed E-state index contributed by atoms with van der Waals surface area (Å²) >= 11 is 0. The summed E-state index contributed by atoms with van der Waals surface area (Å²) in [5.41, 5.74) is 2.88. The summed E-state index contributed by atoms with van der Waals surface area (Å²) in [6.07, 6.45) is 17.0. The van der Waals surface area contributed by atoms with Crippen LogP contribution in [0.5, 0.6) is 0 Å². The summed E-state index contributed by atoms with van der Waals surface area (Å²) in [5, 5.41) is 4.38. The Morgan fingerprint density at radius 2 is 2.00 bits per heavy atom. The Balaban J connectivity index is 1.57. The van der Waals surface area contributed by atoms with Gasteiger partial charge in [-0.05, 0) is 43.1 Å². The average Bonchev–Trinajstić information content (AvgIpc) is 3.03. The molecule has 4 heteroatoms. The third-order valence-corrected chi connectivity index (χ3v) is 6.02. The molecule has 2 heterocycles. The highest BCUT2D eigenvalue weighted by atomic mass is 16.2. The molecule has 0 unspecified atom stereocenters. The molecule has 0 N–H and O–H groups in total. The summed E-state index contributed by atoms with van der Waals surface area (Å²) in [6.45, 7) is 1.84. The van der Waals surface area contributed by atoms with Gasteiger partial charge in [0.2, 0.25) is 0 Å². The van der Waals surface area contributed by atoms with Crippen LogP contribution in [0.15, 0.2) is 24.4 Å². The highest BCUT2D eigenvalue weighted by Crippen LogP contribution is 2.36. The second kappa shape index (κ2) is 6.58. The lowest BCUT2D eigenvalue weighted by atomic mass is 9.75. The van der Waals surface area contributed by atoms with Gasteiger partial charge in [0.05, 0.1) is 17.5 Å². The van der Waals surface area contributed by atoms with Crippen LogP contribution >= 0.6 is 0 Å². The quantitative estimate of drug-likeness (QED) is 0.829. The number of allylic oxidation sites excluding steroid dienone is 4. The highest BCUT2D eigenvalue weighted by Gasteiger charge is 2.34. The van der Waals surface area contributed by atoms with Crippen LogP contribution in [0.25, 0.3) is 5.57 Å². The van der Waals surface area contributed by atoms with Crippen molar-refractivity contribution in [2.45, 2.75) is 44.9 Å². The molecular formula is C20H27N3O. The van der Waals surface area contributed by atoms with Crippen LogP contribution in [0.4, 0.5) is 0 Å². The minimum Gasteiger partial charge on any atom is -0.338 e. The Bertz CT molecular complexity index is 685. The minimum absolute atomic E-state index is 0.169. The van der Waals surface area contributed by atoms with Crippen molar-refractivity contribution in [2.75, 3.05) is 13.1 Å². The maximum Gasteiger partial charge on any atom is 0.257 e. The van der Waals surface area contributed by atoms with E-state index in [1.54, 1.807) is 6.20 Å². The number of carbonyl (C=O) groups is 1. The summed E-state index contributed by atoms with van der Waals surface area (Å²) in [5.74, 6) is 1.73. The fraction of sp³-hybridized carbons (Fsp3) is 0.600. The average molecular weight is 325 g/mol. The van der Waals surface area contributed by atoms with Gasteiger partial charge in [0, 0.05) is 20.1 Å². The van der Waals surface area contributed by atoms with E-state index in [1.807, 2.05) is 11.7 Å². The highest BCUT2D eigenvalue weighted by molar-refractivity contribution is 5.99. The van der Waals surface area contributed by atoms with E-state index >= 15 is 0 Å². The zero-order chi connectivity index (χ0) is 16.5. The Labute approximate surface area is 144 Å². The van der Waals surface area contributed by atoms with Crippen LogP contribution in [0, 0.1) is 11.8 Å². The van der Waals surface area contributed by atoms with Gasteiger partial charge < -0.3 is 4.90 Å². The number of hydrogen-bond donors (Lipinski definition) is 0. The van der Waals surface area contributed by atoms with Crippen molar-refractivity contribution in [3.05, 3.63) is 35.7 Å². The number of aryl methyl sites for hydroxylation is 1. The zero-order valence-electron chi connectivity index (χ0n) is 14.6. The van der Waals surface area contributed by atoms with Crippen molar-refractivity contribution >= 4 is 11.5 Å². The predicted octanol–water partition coefficient (Wildman–Crippen LogP) is 3.81. The second-order valence-corrected chi connectivity index (χ2v) is 7.51. The minimum atomic E-state index is 0.169. The molecule has 1 saturated heterocycles. The third kappa shape index (κ3) is 2.83. The lowest BCUT2D eigenvalue weighted by molar-refractivity contribution is 0.0520. The van der Waals surface area contributed by atoms with Gasteiger partial charge in [0.15, 0.2) is 0 Å². The lowest BCUT2D eigenvalue weighted by Crippen LogP contribution is -2.44. The topological polar surface area (TPSA) is 38.1 Å². The van der Waals surface area contributed by atoms with Crippen LogP contribution in [0.2, 0.25) is 0 Å². The van der Waals surface area contributed by atoms with E-state index in [4.69, 9.17) is 0 Å². The number of carbonyl (C=O) groups excluding carboxylic acids is 1. The van der Waals surface area contributed by atoms with Gasteiger partial charge in [-0.3, -0.25) is 9.48 Å². The Morgan fingerprint density at radius 1 is 1.17 bits per heavy atom. The molecule has 128 valence electrons. The molecule has 0 spiro atoms. The monoisotopic (exact) mass is 325 g/mol. The fourth-order valence-corrected chi connectivity index (χ4v) is 4.68. The Kier molecular flexibility index (Phi) is 4.30. The van der Waals surface area contributed by atoms with Crippen LogP contribution in [-0.4, -0.2) is 33.7 Å². The van der Waals surface area contributed by atoms with Crippen molar-refractivity contribution in [2.24, 2.45) is 18.9 Å². The van der Waals surface area contributed by atoms with Crippen molar-refractivity contribution in [1.29, 1.82) is 0 Å². The van der Waals surface area contributed by atoms with E-state index in [2.05, 4.69) is 28.2 Å². The first kappa shape index (κ1) is 15.7. The third-order valence-electron chi connectivity index (χ3n) is 6.02.